The first-order valence-electron chi connectivity index (χ1n) is 10.6. The summed E-state index contributed by atoms with van der Waals surface area (Å²) in [7, 11) is 0. The van der Waals surface area contributed by atoms with Crippen LogP contribution in [0, 0.1) is 10.1 Å². The molecule has 3 aromatic rings. The van der Waals surface area contributed by atoms with Crippen molar-refractivity contribution in [2.45, 2.75) is 39.2 Å². The Morgan fingerprint density at radius 1 is 1.09 bits per heavy atom. The number of rotatable bonds is 7. The molecule has 2 aromatic carbocycles. The van der Waals surface area contributed by atoms with Crippen molar-refractivity contribution < 1.29 is 23.6 Å². The third-order valence-electron chi connectivity index (χ3n) is 5.21. The molecule has 10 nitrogen and oxygen atoms in total. The zero-order chi connectivity index (χ0) is 23.4. The predicted molar refractivity (Wildman–Crippen MR) is 117 cm³/mol. The highest BCUT2D eigenvalue weighted by Gasteiger charge is 2.22. The van der Waals surface area contributed by atoms with Crippen LogP contribution >= 0.6 is 0 Å². The van der Waals surface area contributed by atoms with Gasteiger partial charge in [0.15, 0.2) is 6.61 Å². The molecule has 1 saturated heterocycles. The average molecular weight is 452 g/mol. The largest absolute Gasteiger partial charge is 0.452 e. The van der Waals surface area contributed by atoms with E-state index >= 15 is 0 Å². The molecule has 1 fully saturated rings. The fourth-order valence-electron chi connectivity index (χ4n) is 3.78. The second-order valence-electron chi connectivity index (χ2n) is 8.03. The summed E-state index contributed by atoms with van der Waals surface area (Å²) in [5.74, 6) is -0.179. The van der Waals surface area contributed by atoms with E-state index in [-0.39, 0.29) is 36.3 Å². The summed E-state index contributed by atoms with van der Waals surface area (Å²) in [6.07, 6.45) is 0.405. The summed E-state index contributed by atoms with van der Waals surface area (Å²) in [6.45, 7) is 6.51. The van der Waals surface area contributed by atoms with E-state index in [0.29, 0.717) is 11.1 Å². The zero-order valence-corrected chi connectivity index (χ0v) is 18.3. The Bertz CT molecular complexity index is 1100. The van der Waals surface area contributed by atoms with Crippen molar-refractivity contribution in [1.29, 1.82) is 0 Å². The fourth-order valence-corrected chi connectivity index (χ4v) is 3.78. The molecular weight excluding hydrogens is 428 g/mol. The Hall–Kier alpha value is -3.63. The predicted octanol–water partition coefficient (Wildman–Crippen LogP) is 3.61. The standard InChI is InChI=1S/C23H24N4O6/c1-15-11-26(12-16(2)32-15)13-17-3-5-19(6-4-17)23(28)31-14-21-24-25-22(33-21)18-7-9-20(10-8-18)27(29)30/h3-10,15-16H,11-14H2,1-2H3. The van der Waals surface area contributed by atoms with Gasteiger partial charge in [-0.15, -0.1) is 10.2 Å². The lowest BCUT2D eigenvalue weighted by atomic mass is 10.1. The first kappa shape index (κ1) is 22.6. The number of carbonyl (C=O) groups is 1. The summed E-state index contributed by atoms with van der Waals surface area (Å²) < 4.78 is 16.5. The number of aromatic nitrogens is 2. The topological polar surface area (TPSA) is 121 Å². The molecule has 0 amide bonds. The van der Waals surface area contributed by atoms with Crippen molar-refractivity contribution >= 4 is 11.7 Å². The monoisotopic (exact) mass is 452 g/mol. The van der Waals surface area contributed by atoms with Gasteiger partial charge in [-0.3, -0.25) is 15.0 Å². The van der Waals surface area contributed by atoms with Gasteiger partial charge in [0.2, 0.25) is 5.89 Å². The summed E-state index contributed by atoms with van der Waals surface area (Å²) in [5, 5.41) is 18.5. The molecule has 10 heteroatoms. The summed E-state index contributed by atoms with van der Waals surface area (Å²) in [5.41, 5.74) is 2.04. The van der Waals surface area contributed by atoms with E-state index in [1.165, 1.54) is 24.3 Å². The van der Waals surface area contributed by atoms with Crippen molar-refractivity contribution in [1.82, 2.24) is 15.1 Å². The molecule has 33 heavy (non-hydrogen) atoms. The summed E-state index contributed by atoms with van der Waals surface area (Å²) >= 11 is 0. The third kappa shape index (κ3) is 5.79. The van der Waals surface area contributed by atoms with Crippen LogP contribution < -0.4 is 0 Å². The maximum Gasteiger partial charge on any atom is 0.338 e. The third-order valence-corrected chi connectivity index (χ3v) is 5.21. The highest BCUT2D eigenvalue weighted by atomic mass is 16.6. The van der Waals surface area contributed by atoms with Crippen molar-refractivity contribution in [2.24, 2.45) is 0 Å². The van der Waals surface area contributed by atoms with Gasteiger partial charge in [0, 0.05) is 37.3 Å². The Kier molecular flexibility index (Phi) is 6.76. The van der Waals surface area contributed by atoms with Crippen LogP contribution in [0.15, 0.2) is 52.9 Å². The molecule has 0 bridgehead atoms. The molecule has 2 unspecified atom stereocenters. The van der Waals surface area contributed by atoms with Crippen LogP contribution in [0.25, 0.3) is 11.5 Å². The van der Waals surface area contributed by atoms with Crippen LogP contribution in [0.5, 0.6) is 0 Å². The Balaban J connectivity index is 1.30. The van der Waals surface area contributed by atoms with E-state index in [0.717, 1.165) is 25.2 Å². The van der Waals surface area contributed by atoms with Gasteiger partial charge in [-0.2, -0.15) is 0 Å². The lowest BCUT2D eigenvalue weighted by Crippen LogP contribution is -2.44. The normalized spacial score (nSPS) is 18.7. The molecule has 4 rings (SSSR count). The lowest BCUT2D eigenvalue weighted by Gasteiger charge is -2.35. The molecule has 1 aromatic heterocycles. The number of non-ortho nitro benzene ring substituents is 1. The maximum atomic E-state index is 12.4. The summed E-state index contributed by atoms with van der Waals surface area (Å²) in [6, 6.07) is 13.0. The van der Waals surface area contributed by atoms with Crippen LogP contribution in [0.4, 0.5) is 5.69 Å². The van der Waals surface area contributed by atoms with Gasteiger partial charge in [0.05, 0.1) is 22.7 Å². The number of hydrogen-bond acceptors (Lipinski definition) is 9. The van der Waals surface area contributed by atoms with Gasteiger partial charge < -0.3 is 13.9 Å². The smallest absolute Gasteiger partial charge is 0.338 e. The molecule has 2 heterocycles. The van der Waals surface area contributed by atoms with Crippen LogP contribution in [0.3, 0.4) is 0 Å². The fraction of sp³-hybridized carbons (Fsp3) is 0.348. The number of nitro benzene ring substituents is 1. The van der Waals surface area contributed by atoms with E-state index in [1.54, 1.807) is 12.1 Å². The van der Waals surface area contributed by atoms with E-state index < -0.39 is 10.9 Å². The molecule has 1 aliphatic rings. The molecule has 0 radical (unpaired) electrons. The number of morpholine rings is 1. The number of nitro groups is 1. The van der Waals surface area contributed by atoms with E-state index in [4.69, 9.17) is 13.9 Å². The molecule has 1 aliphatic heterocycles. The molecular formula is C23H24N4O6. The molecule has 0 N–H and O–H groups in total. The van der Waals surface area contributed by atoms with Gasteiger partial charge in [0.25, 0.3) is 11.6 Å². The average Bonchev–Trinajstić information content (AvgIpc) is 3.26. The van der Waals surface area contributed by atoms with Crippen molar-refractivity contribution in [3.05, 3.63) is 75.7 Å². The SMILES string of the molecule is CC1CN(Cc2ccc(C(=O)OCc3nnc(-c4ccc([N+](=O)[O-])cc4)o3)cc2)CC(C)O1. The molecule has 2 atom stereocenters. The minimum atomic E-state index is -0.495. The molecule has 0 spiro atoms. The first-order chi connectivity index (χ1) is 15.9. The van der Waals surface area contributed by atoms with Gasteiger partial charge in [-0.25, -0.2) is 4.79 Å². The summed E-state index contributed by atoms with van der Waals surface area (Å²) in [4.78, 5) is 25.0. The quantitative estimate of drug-likeness (QED) is 0.301. The van der Waals surface area contributed by atoms with Crippen LogP contribution in [0.2, 0.25) is 0 Å². The highest BCUT2D eigenvalue weighted by Crippen LogP contribution is 2.21. The number of ether oxygens (including phenoxy) is 2. The molecule has 0 aliphatic carbocycles. The Morgan fingerprint density at radius 3 is 2.39 bits per heavy atom. The second-order valence-corrected chi connectivity index (χ2v) is 8.03. The molecule has 0 saturated carbocycles. The minimum absolute atomic E-state index is 0.0347. The van der Waals surface area contributed by atoms with Gasteiger partial charge in [-0.05, 0) is 43.7 Å². The Morgan fingerprint density at radius 2 is 1.76 bits per heavy atom. The highest BCUT2D eigenvalue weighted by molar-refractivity contribution is 5.89. The minimum Gasteiger partial charge on any atom is -0.452 e. The zero-order valence-electron chi connectivity index (χ0n) is 18.3. The van der Waals surface area contributed by atoms with Gasteiger partial charge >= 0.3 is 5.97 Å². The van der Waals surface area contributed by atoms with E-state index in [1.807, 2.05) is 12.1 Å². The van der Waals surface area contributed by atoms with Crippen molar-refractivity contribution in [2.75, 3.05) is 13.1 Å². The number of esters is 1. The van der Waals surface area contributed by atoms with Crippen LogP contribution in [-0.4, -0.2) is 51.3 Å². The van der Waals surface area contributed by atoms with Gasteiger partial charge in [-0.1, -0.05) is 12.1 Å². The second kappa shape index (κ2) is 9.88. The van der Waals surface area contributed by atoms with Crippen molar-refractivity contribution in [3.63, 3.8) is 0 Å². The van der Waals surface area contributed by atoms with Crippen molar-refractivity contribution in [3.8, 4) is 11.5 Å². The number of hydrogen-bond donors (Lipinski definition) is 0. The van der Waals surface area contributed by atoms with Gasteiger partial charge in [0.1, 0.15) is 0 Å². The number of nitrogens with zero attached hydrogens (tertiary/aromatic N) is 4. The van der Waals surface area contributed by atoms with E-state index in [9.17, 15) is 14.9 Å². The lowest BCUT2D eigenvalue weighted by molar-refractivity contribution is -0.384. The number of carbonyl (C=O) groups excluding carboxylic acids is 1. The van der Waals surface area contributed by atoms with E-state index in [2.05, 4.69) is 28.9 Å². The number of benzene rings is 2. The Labute approximate surface area is 190 Å². The van der Waals surface area contributed by atoms with Crippen LogP contribution in [-0.2, 0) is 22.6 Å². The first-order valence-corrected chi connectivity index (χ1v) is 10.6. The maximum absolute atomic E-state index is 12.4. The van der Waals surface area contributed by atoms with Crippen LogP contribution in [0.1, 0.15) is 35.7 Å². The molecule has 172 valence electrons.